The molecular weight excluding hydrogens is 805 g/mol. The quantitative estimate of drug-likeness (QED) is 0.206. The van der Waals surface area contributed by atoms with Crippen LogP contribution in [0.2, 0.25) is 0 Å². The molecule has 0 radical (unpaired) electrons. The Bertz CT molecular complexity index is 2430. The first-order valence-corrected chi connectivity index (χ1v) is 23.8. The van der Waals surface area contributed by atoms with Gasteiger partial charge in [0.2, 0.25) is 20.0 Å². The molecule has 0 atom stereocenters. The summed E-state index contributed by atoms with van der Waals surface area (Å²) in [5.41, 5.74) is 13.2. The van der Waals surface area contributed by atoms with Gasteiger partial charge in [0.05, 0.1) is 0 Å². The second kappa shape index (κ2) is 17.9. The van der Waals surface area contributed by atoms with Gasteiger partial charge in [-0.1, -0.05) is 12.1 Å². The highest BCUT2D eigenvalue weighted by atomic mass is 32.2. The van der Waals surface area contributed by atoms with Crippen molar-refractivity contribution < 1.29 is 26.4 Å². The van der Waals surface area contributed by atoms with Gasteiger partial charge in [-0.05, 0) is 122 Å². The number of sulfonamides is 2. The Balaban J connectivity index is 0.000000139. The Kier molecular flexibility index (Phi) is 12.4. The number of nitrogens with one attached hydrogen (secondary N) is 2. The summed E-state index contributed by atoms with van der Waals surface area (Å²) in [6, 6.07) is 3.97. The molecule has 4 aliphatic carbocycles. The Morgan fingerprint density at radius 3 is 1.53 bits per heavy atom. The molecule has 0 spiro atoms. The average Bonchev–Trinajstić information content (AvgIpc) is 4.03. The minimum Gasteiger partial charge on any atom is -0.387 e. The van der Waals surface area contributed by atoms with Crippen molar-refractivity contribution >= 4 is 31.8 Å². The van der Waals surface area contributed by atoms with Crippen molar-refractivity contribution in [3.8, 4) is 12.0 Å². The number of rotatable bonds is 9. The summed E-state index contributed by atoms with van der Waals surface area (Å²) in [5.74, 6) is 0.903. The molecule has 16 nitrogen and oxygen atoms in total. The SMILES string of the molecule is N#COc1c2c(cc3c1CCC3)CCC2.NS(=O)(=O)C1CN(Cc2cncnc2)C1.O=C(Nc1c2c(cc3c1CCC3)CCC2)NS(=O)(=O)C1CN(Cc2cncnc2)C1. The van der Waals surface area contributed by atoms with Gasteiger partial charge in [-0.3, -0.25) is 9.80 Å². The zero-order chi connectivity index (χ0) is 41.9. The minimum atomic E-state index is -3.73. The van der Waals surface area contributed by atoms with E-state index in [1.165, 1.54) is 70.0 Å². The predicted octanol–water partition coefficient (Wildman–Crippen LogP) is 3.26. The van der Waals surface area contributed by atoms with Crippen LogP contribution in [0.3, 0.4) is 0 Å². The van der Waals surface area contributed by atoms with Crippen LogP contribution >= 0.6 is 0 Å². The molecule has 60 heavy (non-hydrogen) atoms. The molecule has 2 aliphatic heterocycles. The molecule has 10 rings (SSSR count). The Labute approximate surface area is 351 Å². The van der Waals surface area contributed by atoms with Crippen LogP contribution in [-0.4, -0.2) is 89.3 Å². The number of nitriles is 1. The molecule has 2 aromatic heterocycles. The maximum atomic E-state index is 12.7. The lowest BCUT2D eigenvalue weighted by Gasteiger charge is -2.38. The smallest absolute Gasteiger partial charge is 0.332 e. The Morgan fingerprint density at radius 2 is 1.10 bits per heavy atom. The number of likely N-dealkylation sites (tertiary alicyclic amines) is 2. The first-order chi connectivity index (χ1) is 28.9. The number of nitrogens with two attached hydrogens (primary N) is 1. The highest BCUT2D eigenvalue weighted by Crippen LogP contribution is 2.40. The summed E-state index contributed by atoms with van der Waals surface area (Å²) in [4.78, 5) is 32.3. The second-order valence-electron chi connectivity index (χ2n) is 16.4. The molecule has 4 aromatic rings. The van der Waals surface area contributed by atoms with E-state index in [2.05, 4.69) is 42.1 Å². The van der Waals surface area contributed by atoms with Crippen LogP contribution in [0.15, 0.2) is 49.6 Å². The number of aromatic nitrogens is 4. The molecule has 0 saturated carbocycles. The van der Waals surface area contributed by atoms with E-state index in [-0.39, 0.29) is 0 Å². The molecule has 2 fully saturated rings. The fourth-order valence-electron chi connectivity index (χ4n) is 9.30. The van der Waals surface area contributed by atoms with Gasteiger partial charge < -0.3 is 10.1 Å². The fraction of sp³-hybridized carbons (Fsp3) is 0.476. The predicted molar refractivity (Wildman–Crippen MR) is 224 cm³/mol. The molecule has 6 aliphatic rings. The normalized spacial score (nSPS) is 18.2. The number of fused-ring (bicyclic) bond motifs is 4. The molecule has 2 amide bonds. The van der Waals surface area contributed by atoms with Crippen LogP contribution in [0.5, 0.6) is 5.75 Å². The van der Waals surface area contributed by atoms with Crippen LogP contribution in [-0.2, 0) is 84.5 Å². The molecule has 4 heterocycles. The van der Waals surface area contributed by atoms with Crippen LogP contribution in [0.1, 0.15) is 81.3 Å². The van der Waals surface area contributed by atoms with Crippen LogP contribution in [0, 0.1) is 11.5 Å². The van der Waals surface area contributed by atoms with Crippen molar-refractivity contribution in [3.63, 3.8) is 0 Å². The van der Waals surface area contributed by atoms with E-state index in [0.29, 0.717) is 39.3 Å². The highest BCUT2D eigenvalue weighted by Gasteiger charge is 2.39. The first kappa shape index (κ1) is 41.7. The highest BCUT2D eigenvalue weighted by molar-refractivity contribution is 7.90. The van der Waals surface area contributed by atoms with E-state index in [4.69, 9.17) is 15.1 Å². The molecular formula is C42H50N10O6S2. The van der Waals surface area contributed by atoms with Crippen molar-refractivity contribution in [2.45, 2.75) is 101 Å². The zero-order valence-electron chi connectivity index (χ0n) is 33.5. The van der Waals surface area contributed by atoms with Gasteiger partial charge in [-0.25, -0.2) is 51.4 Å². The third-order valence-corrected chi connectivity index (χ3v) is 15.2. The molecule has 2 saturated heterocycles. The Hall–Kier alpha value is -5.06. The van der Waals surface area contributed by atoms with E-state index < -0.39 is 36.6 Å². The van der Waals surface area contributed by atoms with Gasteiger partial charge in [-0.15, -0.1) is 5.26 Å². The number of aryl methyl sites for hydroxylation is 4. The number of urea groups is 1. The number of nitrogens with zero attached hydrogens (tertiary/aromatic N) is 7. The minimum absolute atomic E-state index is 0.383. The molecule has 0 unspecified atom stereocenters. The van der Waals surface area contributed by atoms with E-state index in [9.17, 15) is 21.6 Å². The lowest BCUT2D eigenvalue weighted by atomic mass is 9.99. The summed E-state index contributed by atoms with van der Waals surface area (Å²) in [5, 5.41) is 15.6. The van der Waals surface area contributed by atoms with Gasteiger partial charge in [-0.2, -0.15) is 0 Å². The van der Waals surface area contributed by atoms with Crippen molar-refractivity contribution in [2.75, 3.05) is 31.5 Å². The Morgan fingerprint density at radius 1 is 0.683 bits per heavy atom. The summed E-state index contributed by atoms with van der Waals surface area (Å²) in [6.07, 6.45) is 24.6. The number of primary sulfonamides is 1. The summed E-state index contributed by atoms with van der Waals surface area (Å²) >= 11 is 0. The third kappa shape index (κ3) is 9.45. The monoisotopic (exact) mass is 854 g/mol. The molecule has 316 valence electrons. The summed E-state index contributed by atoms with van der Waals surface area (Å²) < 4.78 is 54.6. The molecule has 4 N–H and O–H groups in total. The molecule has 2 aromatic carbocycles. The van der Waals surface area contributed by atoms with Crippen molar-refractivity contribution in [1.82, 2.24) is 34.5 Å². The first-order valence-electron chi connectivity index (χ1n) is 20.6. The molecule has 0 bridgehead atoms. The maximum Gasteiger partial charge on any atom is 0.332 e. The lowest BCUT2D eigenvalue weighted by molar-refractivity contribution is 0.175. The lowest BCUT2D eigenvalue weighted by Crippen LogP contribution is -2.58. The number of carbonyl (C=O) groups excluding carboxylic acids is 1. The standard InChI is InChI=1S/C21H25N5O3S.C13H13NO.C8H12N4O2S/c27-21(24-20-18-5-1-3-15(18)7-16-4-2-6-19(16)20)25-30(28,29)17-11-26(12-17)10-14-8-22-13-23-9-14;14-8-15-13-11-5-1-3-9(11)7-10-4-2-6-12(10)13;9-15(13,14)8-4-12(5-8)3-7-1-10-6-11-2-7/h7-9,13,17H,1-6,10-12H2,(H2,24,25,27);7H,1-6H2;1-2,6,8H,3-5H2,(H2,9,13,14). The van der Waals surface area contributed by atoms with Crippen molar-refractivity contribution in [1.29, 1.82) is 5.26 Å². The van der Waals surface area contributed by atoms with Crippen molar-refractivity contribution in [2.24, 2.45) is 5.14 Å². The van der Waals surface area contributed by atoms with Crippen LogP contribution in [0.4, 0.5) is 10.5 Å². The number of carbonyl (C=O) groups is 1. The average molecular weight is 855 g/mol. The largest absolute Gasteiger partial charge is 0.387 e. The second-order valence-corrected chi connectivity index (χ2v) is 20.2. The van der Waals surface area contributed by atoms with Gasteiger partial charge in [0.15, 0.2) is 0 Å². The number of ether oxygens (including phenoxy) is 1. The molecule has 18 heteroatoms. The van der Waals surface area contributed by atoms with Gasteiger partial charge in [0.25, 0.3) is 6.26 Å². The van der Waals surface area contributed by atoms with E-state index in [1.807, 2.05) is 16.1 Å². The number of anilines is 1. The number of benzene rings is 2. The van der Waals surface area contributed by atoms with Gasteiger partial charge >= 0.3 is 6.03 Å². The number of hydrogen-bond donors (Lipinski definition) is 3. The van der Waals surface area contributed by atoms with Crippen LogP contribution < -0.4 is 19.9 Å². The third-order valence-electron chi connectivity index (χ3n) is 12.3. The summed E-state index contributed by atoms with van der Waals surface area (Å²) in [7, 11) is -7.10. The van der Waals surface area contributed by atoms with E-state index in [1.54, 1.807) is 24.8 Å². The fourth-order valence-corrected chi connectivity index (χ4v) is 11.4. The van der Waals surface area contributed by atoms with Crippen LogP contribution in [0.25, 0.3) is 0 Å². The van der Waals surface area contributed by atoms with Gasteiger partial charge in [0, 0.05) is 80.9 Å². The van der Waals surface area contributed by atoms with E-state index in [0.717, 1.165) is 86.8 Å². The maximum absolute atomic E-state index is 12.7. The zero-order valence-corrected chi connectivity index (χ0v) is 35.1. The number of amides is 2. The van der Waals surface area contributed by atoms with E-state index >= 15 is 0 Å². The summed E-state index contributed by atoms with van der Waals surface area (Å²) in [6.45, 7) is 3.02. The van der Waals surface area contributed by atoms with Gasteiger partial charge in [0.1, 0.15) is 28.9 Å². The number of hydrogen-bond acceptors (Lipinski definition) is 13. The topological polar surface area (TPSA) is 226 Å². The van der Waals surface area contributed by atoms with Crippen molar-refractivity contribution in [3.05, 3.63) is 105 Å².